The topological polar surface area (TPSA) is 601 Å². The van der Waals surface area contributed by atoms with Crippen molar-refractivity contribution in [2.75, 3.05) is 231 Å². The van der Waals surface area contributed by atoms with Crippen LogP contribution in [0.4, 0.5) is 48.7 Å². The average molecular weight is 2060 g/mol. The number of alkyl halides is 9. The standard InChI is InChI=1S/C84H117F10N11O37/c85-54-42-52(5-9-58(54)106)105-43-57(103-104-105)56-7-4-51-41-53(6-8-55(51)98-56)134-16-1-3-61(109)102-78(12-2-17-135-77(119)97-15-22-122-25-28-125-30-33-127-36-39-132-47-80-49-137-72(139-80)63(66(111)69(80)114)100-75(117)83(89,90)91,44-129-18-10-59(107)95-13-20-120-23-26-123-29-32-126-35-38-131-46-79-48-136-71(138-79)62(65(110)68(79)113)99-74(116)82(86,87)88)45-130-19-11-60(108)96-14-21-121-24-27-124-31-34-128-37-40-133-50-81-70(115)67(112)64(73(140-81)141-142-81)101-76(118)84(92,93)94/h4-9,41-43,62-73,106,110-115H,1-3,10-40,44-50H2,(H,95,107)(H,96,108)(H,97,119)(H,99,116)(H,100,117)(H,101,118)(H,102,109)/t62-,63-,64-,65-,66-,67-,68-,69-,70-,71+,72+,73-,78?,79+,80+,81+/m1/s1. The molecular formula is C84H117F10N11O37. The van der Waals surface area contributed by atoms with E-state index in [4.69, 9.17) is 114 Å². The SMILES string of the molecule is O=C(CCOCC(CCCOC(=O)NCCOCCOCCOCCOC[C@@]12CO[C@@H](O1)[C@H](NC(=O)C(F)(F)F)[C@@H](O)[C@H]2O)(COCCC(=O)NCCOCCOCCOCCOC[C@@]12OO[C@@H](O1)[C@H](NC(=O)C(F)(F)F)[C@@H](O)[C@H]2O)NC(=O)CCCOc1ccc2nc(-c3cn(-c4ccc(O)c(F)c4)nn3)ccc2c1)NCCOCCOCCOCCOC[C@@]12CO[C@@H](O1)[C@H](NC(=O)C(F)(F)F)[C@@H](O)[C@H]2O. The molecule has 142 heavy (non-hydrogen) atoms. The molecule has 6 aliphatic heterocycles. The normalized spacial score (nSPS) is 24.5. The number of amides is 7. The van der Waals surface area contributed by atoms with Crippen LogP contribution in [0.3, 0.4) is 0 Å². The Balaban J connectivity index is 0.646. The first-order valence-electron chi connectivity index (χ1n) is 45.0. The maximum absolute atomic E-state index is 14.2. The Labute approximate surface area is 802 Å². The van der Waals surface area contributed by atoms with Crippen LogP contribution >= 0.6 is 0 Å². The number of fused-ring (bicyclic) bond motifs is 7. The predicted molar refractivity (Wildman–Crippen MR) is 452 cm³/mol. The quantitative estimate of drug-likeness (QED) is 0.0125. The number of aromatic nitrogens is 4. The minimum atomic E-state index is -5.30. The van der Waals surface area contributed by atoms with Crippen LogP contribution in [0.1, 0.15) is 38.5 Å². The Morgan fingerprint density at radius 1 is 0.451 bits per heavy atom. The van der Waals surface area contributed by atoms with Gasteiger partial charge in [-0.25, -0.2) is 18.9 Å². The van der Waals surface area contributed by atoms with Gasteiger partial charge in [-0.1, -0.05) is 11.3 Å². The minimum absolute atomic E-state index is 0.00424. The van der Waals surface area contributed by atoms with Crippen LogP contribution in [0.2, 0.25) is 0 Å². The van der Waals surface area contributed by atoms with Crippen LogP contribution in [0, 0.1) is 5.82 Å². The van der Waals surface area contributed by atoms with Gasteiger partial charge in [-0.15, -0.1) is 5.10 Å². The summed E-state index contributed by atoms with van der Waals surface area (Å²) in [7, 11) is 0. The number of alkyl carbamates (subject to hydrolysis) is 1. The van der Waals surface area contributed by atoms with Crippen molar-refractivity contribution in [2.24, 2.45) is 0 Å². The molecule has 800 valence electrons. The van der Waals surface area contributed by atoms with Crippen LogP contribution in [0.25, 0.3) is 28.0 Å². The number of hydrogen-bond donors (Lipinski definition) is 14. The van der Waals surface area contributed by atoms with Crippen LogP contribution in [0.5, 0.6) is 11.5 Å². The third-order valence-electron chi connectivity index (χ3n) is 22.0. The zero-order chi connectivity index (χ0) is 102. The minimum Gasteiger partial charge on any atom is -0.505 e. The van der Waals surface area contributed by atoms with Crippen molar-refractivity contribution in [3.63, 3.8) is 0 Å². The second-order valence-corrected chi connectivity index (χ2v) is 32.7. The van der Waals surface area contributed by atoms with Crippen LogP contribution in [0.15, 0.2) is 54.7 Å². The van der Waals surface area contributed by atoms with Gasteiger partial charge in [-0.3, -0.25) is 28.8 Å². The number of nitrogens with zero attached hydrogens (tertiary/aromatic N) is 4. The number of benzene rings is 2. The summed E-state index contributed by atoms with van der Waals surface area (Å²) >= 11 is 0. The summed E-state index contributed by atoms with van der Waals surface area (Å²) in [5, 5.41) is 97.7. The highest BCUT2D eigenvalue weighted by Crippen LogP contribution is 2.42. The van der Waals surface area contributed by atoms with Gasteiger partial charge >= 0.3 is 42.3 Å². The largest absolute Gasteiger partial charge is 0.505 e. The average Bonchev–Trinajstić information content (AvgIpc) is 1.60. The smallest absolute Gasteiger partial charge is 0.471 e. The molecule has 0 spiro atoms. The third kappa shape index (κ3) is 35.4. The Hall–Kier alpha value is -9.10. The van der Waals surface area contributed by atoms with Crippen LogP contribution < -0.4 is 42.0 Å². The molecular weight excluding hydrogens is 1940 g/mol. The van der Waals surface area contributed by atoms with Crippen molar-refractivity contribution in [3.8, 4) is 28.6 Å². The molecule has 8 heterocycles. The highest BCUT2D eigenvalue weighted by Gasteiger charge is 2.65. The molecule has 16 atom stereocenters. The maximum Gasteiger partial charge on any atom is 0.471 e. The molecule has 0 saturated carbocycles. The van der Waals surface area contributed by atoms with Gasteiger partial charge in [-0.2, -0.15) is 49.3 Å². The first-order chi connectivity index (χ1) is 67.9. The molecule has 48 nitrogen and oxygen atoms in total. The van der Waals surface area contributed by atoms with E-state index in [2.05, 4.69) is 31.6 Å². The van der Waals surface area contributed by atoms with E-state index in [1.54, 1.807) is 47.2 Å². The summed E-state index contributed by atoms with van der Waals surface area (Å²) in [4.78, 5) is 102. The number of hydrogen-bond acceptors (Lipinski definition) is 40. The van der Waals surface area contributed by atoms with Gasteiger partial charge in [0.1, 0.15) is 84.0 Å². The maximum atomic E-state index is 14.2. The van der Waals surface area contributed by atoms with Crippen molar-refractivity contribution in [1.82, 2.24) is 57.2 Å². The number of carbonyl (C=O) groups excluding carboxylic acids is 7. The first kappa shape index (κ1) is 115. The van der Waals surface area contributed by atoms with Gasteiger partial charge in [0.05, 0.1) is 233 Å². The fourth-order valence-corrected chi connectivity index (χ4v) is 14.6. The van der Waals surface area contributed by atoms with E-state index in [0.29, 0.717) is 33.7 Å². The number of phenolic OH excluding ortho intramolecular Hbond substituents is 1. The van der Waals surface area contributed by atoms with E-state index in [-0.39, 0.29) is 263 Å². The molecule has 2 aromatic heterocycles. The summed E-state index contributed by atoms with van der Waals surface area (Å²) in [6, 6.07) is 7.21. The lowest BCUT2D eigenvalue weighted by molar-refractivity contribution is -0.358. The number of aliphatic hydroxyl groups is 6. The fourth-order valence-electron chi connectivity index (χ4n) is 14.6. The molecule has 10 rings (SSSR count). The number of aliphatic hydroxyl groups excluding tert-OH is 6. The van der Waals surface area contributed by atoms with E-state index in [1.807, 2.05) is 0 Å². The van der Waals surface area contributed by atoms with Gasteiger partial charge in [0.15, 0.2) is 24.1 Å². The molecule has 6 fully saturated rings. The molecule has 7 amide bonds. The molecule has 6 saturated heterocycles. The van der Waals surface area contributed by atoms with Gasteiger partial charge in [0.2, 0.25) is 24.0 Å². The lowest BCUT2D eigenvalue weighted by atomic mass is 9.88. The molecule has 58 heteroatoms. The van der Waals surface area contributed by atoms with E-state index in [0.717, 1.165) is 6.07 Å². The number of ether oxygens (including phenoxy) is 21. The van der Waals surface area contributed by atoms with Gasteiger partial charge in [0, 0.05) is 50.3 Å². The third-order valence-corrected chi connectivity index (χ3v) is 22.0. The predicted octanol–water partition coefficient (Wildman–Crippen LogP) is -2.34. The molecule has 4 aromatic rings. The van der Waals surface area contributed by atoms with Crippen molar-refractivity contribution < 1.29 is 222 Å². The van der Waals surface area contributed by atoms with E-state index in [9.17, 15) is 113 Å². The van der Waals surface area contributed by atoms with Gasteiger partial charge in [-0.05, 0) is 55.7 Å². The Kier molecular flexibility index (Phi) is 45.7. The Bertz CT molecular complexity index is 4290. The number of aromatic hydroxyl groups is 1. The first-order valence-corrected chi connectivity index (χ1v) is 45.0. The second-order valence-electron chi connectivity index (χ2n) is 32.7. The summed E-state index contributed by atoms with van der Waals surface area (Å²) < 4.78 is 248. The van der Waals surface area contributed by atoms with Crippen molar-refractivity contribution in [2.45, 2.75) is 153 Å². The summed E-state index contributed by atoms with van der Waals surface area (Å²) in [5.41, 5.74) is -2.91. The highest BCUT2D eigenvalue weighted by atomic mass is 19.4. The number of carbonyl (C=O) groups is 7. The van der Waals surface area contributed by atoms with E-state index < -0.39 is 174 Å². The zero-order valence-electron chi connectivity index (χ0n) is 76.6. The lowest BCUT2D eigenvalue weighted by Crippen LogP contribution is -2.67. The summed E-state index contributed by atoms with van der Waals surface area (Å²) in [5.74, 6) is -11.5. The second kappa shape index (κ2) is 56.6. The number of rotatable bonds is 67. The van der Waals surface area contributed by atoms with Gasteiger partial charge < -0.3 is 172 Å². The van der Waals surface area contributed by atoms with Crippen molar-refractivity contribution >= 4 is 52.4 Å². The zero-order valence-corrected chi connectivity index (χ0v) is 76.6. The monoisotopic (exact) mass is 2060 g/mol. The van der Waals surface area contributed by atoms with Gasteiger partial charge in [0.25, 0.3) is 5.79 Å². The fraction of sp³-hybridized carbons (Fsp3) is 0.714. The molecule has 0 aliphatic carbocycles. The summed E-state index contributed by atoms with van der Waals surface area (Å²) in [6.45, 7) is -1.05. The molecule has 6 bridgehead atoms. The highest BCUT2D eigenvalue weighted by molar-refractivity contribution is 5.84. The van der Waals surface area contributed by atoms with Crippen molar-refractivity contribution in [3.05, 3.63) is 60.5 Å². The number of phenols is 1. The molecule has 6 aliphatic rings. The number of halogens is 10. The van der Waals surface area contributed by atoms with Crippen LogP contribution in [-0.2, 0) is 133 Å². The van der Waals surface area contributed by atoms with E-state index in [1.165, 1.54) is 22.1 Å². The molecule has 14 N–H and O–H groups in total. The van der Waals surface area contributed by atoms with E-state index >= 15 is 0 Å². The Morgan fingerprint density at radius 2 is 0.901 bits per heavy atom. The number of nitrogens with one attached hydrogen (secondary N) is 7. The summed E-state index contributed by atoms with van der Waals surface area (Å²) in [6.07, 6.45) is -31.1. The Morgan fingerprint density at radius 3 is 1.38 bits per heavy atom. The van der Waals surface area contributed by atoms with Crippen LogP contribution in [-0.4, -0.2) is 443 Å². The lowest BCUT2D eigenvalue weighted by Gasteiger charge is -2.42. The molecule has 0 radical (unpaired) electrons. The molecule has 2 aromatic carbocycles. The number of pyridine rings is 1. The molecule has 1 unspecified atom stereocenters. The van der Waals surface area contributed by atoms with Crippen molar-refractivity contribution in [1.29, 1.82) is 0 Å².